The van der Waals surface area contributed by atoms with Crippen molar-refractivity contribution in [3.8, 4) is 0 Å². The molecule has 2 heterocycles. The van der Waals surface area contributed by atoms with Crippen molar-refractivity contribution < 1.29 is 19.3 Å². The topological polar surface area (TPSA) is 96.2 Å². The van der Waals surface area contributed by atoms with E-state index in [1.54, 1.807) is 36.4 Å². The van der Waals surface area contributed by atoms with Gasteiger partial charge in [-0.25, -0.2) is 9.96 Å². The van der Waals surface area contributed by atoms with Gasteiger partial charge in [-0.05, 0) is 48.0 Å². The van der Waals surface area contributed by atoms with E-state index in [-0.39, 0.29) is 5.69 Å². The van der Waals surface area contributed by atoms with Crippen LogP contribution >= 0.6 is 11.6 Å². The predicted octanol–water partition coefficient (Wildman–Crippen LogP) is 4.37. The van der Waals surface area contributed by atoms with E-state index in [1.165, 1.54) is 17.2 Å². The lowest BCUT2D eigenvalue weighted by atomic mass is 9.90. The molecule has 0 spiro atoms. The molecule has 0 saturated carbocycles. The molecule has 5 rings (SSSR count). The minimum Gasteiger partial charge on any atom is -0.378 e. The minimum absolute atomic E-state index is 0.120. The molecule has 178 valence electrons. The molecule has 2 amide bonds. The molecule has 2 aliphatic heterocycles. The van der Waals surface area contributed by atoms with Crippen molar-refractivity contribution in [2.75, 3.05) is 29.0 Å². The van der Waals surface area contributed by atoms with Crippen molar-refractivity contribution in [3.05, 3.63) is 93.5 Å². The molecular weight excluding hydrogens is 472 g/mol. The van der Waals surface area contributed by atoms with E-state index in [1.807, 2.05) is 43.3 Å². The fraction of sp³-hybridized carbons (Fsp3) is 0.200. The van der Waals surface area contributed by atoms with Crippen LogP contribution in [-0.2, 0) is 14.4 Å². The Labute approximate surface area is 206 Å². The van der Waals surface area contributed by atoms with E-state index in [0.29, 0.717) is 16.4 Å². The highest BCUT2D eigenvalue weighted by Gasteiger charge is 2.60. The summed E-state index contributed by atoms with van der Waals surface area (Å²) in [5.41, 5.74) is 2.38. The molecule has 0 bridgehead atoms. The zero-order valence-electron chi connectivity index (χ0n) is 18.9. The van der Waals surface area contributed by atoms with E-state index < -0.39 is 34.8 Å². The van der Waals surface area contributed by atoms with Crippen molar-refractivity contribution in [1.29, 1.82) is 0 Å². The summed E-state index contributed by atoms with van der Waals surface area (Å²) in [6, 6.07) is 19.3. The first kappa shape index (κ1) is 22.8. The van der Waals surface area contributed by atoms with E-state index in [4.69, 9.17) is 16.4 Å². The number of imide groups is 1. The van der Waals surface area contributed by atoms with Crippen LogP contribution in [0.4, 0.5) is 22.7 Å². The van der Waals surface area contributed by atoms with Gasteiger partial charge in [0.05, 0.1) is 22.3 Å². The number of carbonyl (C=O) groups is 2. The SMILES string of the molecule is CN(C)c1ccc([C@@H]2[C@@H]3C(=O)N(c4ccc(Cl)cc4)C(=O)[C@H]3ON2c2cccc([N+](=O)[O-])c2)cc1. The molecule has 3 atom stereocenters. The highest BCUT2D eigenvalue weighted by atomic mass is 35.5. The summed E-state index contributed by atoms with van der Waals surface area (Å²) in [7, 11) is 3.84. The van der Waals surface area contributed by atoms with E-state index in [9.17, 15) is 19.7 Å². The summed E-state index contributed by atoms with van der Waals surface area (Å²) in [4.78, 5) is 47.0. The van der Waals surface area contributed by atoms with Crippen LogP contribution in [0.1, 0.15) is 11.6 Å². The Morgan fingerprint density at radius 3 is 2.26 bits per heavy atom. The van der Waals surface area contributed by atoms with Gasteiger partial charge in [0.15, 0.2) is 6.10 Å². The van der Waals surface area contributed by atoms with Gasteiger partial charge in [0.1, 0.15) is 5.92 Å². The molecule has 35 heavy (non-hydrogen) atoms. The van der Waals surface area contributed by atoms with Crippen LogP contribution < -0.4 is 14.9 Å². The summed E-state index contributed by atoms with van der Waals surface area (Å²) in [6.07, 6.45) is -1.07. The Bertz CT molecular complexity index is 1310. The van der Waals surface area contributed by atoms with E-state index >= 15 is 0 Å². The van der Waals surface area contributed by atoms with Gasteiger partial charge in [0.2, 0.25) is 5.91 Å². The number of benzene rings is 3. The summed E-state index contributed by atoms with van der Waals surface area (Å²) in [5, 5.41) is 13.3. The maximum absolute atomic E-state index is 13.6. The quantitative estimate of drug-likeness (QED) is 0.296. The number of non-ortho nitro benzene ring substituents is 1. The van der Waals surface area contributed by atoms with Crippen LogP contribution in [0.3, 0.4) is 0 Å². The number of nitro groups is 1. The number of hydroxylamine groups is 1. The molecule has 2 fully saturated rings. The molecule has 9 nitrogen and oxygen atoms in total. The molecule has 0 N–H and O–H groups in total. The number of rotatable bonds is 5. The molecule has 3 aromatic carbocycles. The first-order chi connectivity index (χ1) is 16.8. The van der Waals surface area contributed by atoms with Crippen molar-refractivity contribution >= 4 is 46.2 Å². The van der Waals surface area contributed by atoms with Crippen molar-refractivity contribution in [1.82, 2.24) is 0 Å². The third-order valence-corrected chi connectivity index (χ3v) is 6.50. The van der Waals surface area contributed by atoms with Crippen LogP contribution in [-0.4, -0.2) is 36.9 Å². The number of hydrogen-bond acceptors (Lipinski definition) is 7. The van der Waals surface area contributed by atoms with Crippen LogP contribution in [0.2, 0.25) is 5.02 Å². The number of nitro benzene ring substituents is 1. The molecule has 2 saturated heterocycles. The molecule has 10 heteroatoms. The Balaban J connectivity index is 1.58. The van der Waals surface area contributed by atoms with Crippen molar-refractivity contribution in [3.63, 3.8) is 0 Å². The Morgan fingerprint density at radius 1 is 0.943 bits per heavy atom. The fourth-order valence-electron chi connectivity index (χ4n) is 4.54. The van der Waals surface area contributed by atoms with Crippen LogP contribution in [0.15, 0.2) is 72.8 Å². The number of nitrogens with zero attached hydrogens (tertiary/aromatic N) is 4. The zero-order valence-corrected chi connectivity index (χ0v) is 19.6. The van der Waals surface area contributed by atoms with Gasteiger partial charge in [-0.15, -0.1) is 0 Å². The van der Waals surface area contributed by atoms with Gasteiger partial charge in [-0.1, -0.05) is 29.8 Å². The first-order valence-electron chi connectivity index (χ1n) is 10.9. The van der Waals surface area contributed by atoms with Crippen molar-refractivity contribution in [2.45, 2.75) is 12.1 Å². The lowest BCUT2D eigenvalue weighted by Gasteiger charge is -2.29. The van der Waals surface area contributed by atoms with Gasteiger partial charge >= 0.3 is 0 Å². The summed E-state index contributed by atoms with van der Waals surface area (Å²) >= 11 is 5.98. The summed E-state index contributed by atoms with van der Waals surface area (Å²) < 4.78 is 0. The number of hydrogen-bond donors (Lipinski definition) is 0. The highest BCUT2D eigenvalue weighted by molar-refractivity contribution is 6.31. The zero-order chi connectivity index (χ0) is 24.9. The van der Waals surface area contributed by atoms with E-state index in [0.717, 1.165) is 16.2 Å². The summed E-state index contributed by atoms with van der Waals surface area (Å²) in [5.74, 6) is -1.75. The van der Waals surface area contributed by atoms with Crippen LogP contribution in [0.5, 0.6) is 0 Å². The predicted molar refractivity (Wildman–Crippen MR) is 131 cm³/mol. The number of fused-ring (bicyclic) bond motifs is 1. The molecule has 0 aliphatic carbocycles. The van der Waals surface area contributed by atoms with E-state index in [2.05, 4.69) is 0 Å². The Kier molecular flexibility index (Phi) is 5.66. The van der Waals surface area contributed by atoms with Gasteiger partial charge in [0.25, 0.3) is 11.6 Å². The average molecular weight is 493 g/mol. The second-order valence-electron chi connectivity index (χ2n) is 8.57. The van der Waals surface area contributed by atoms with Crippen molar-refractivity contribution in [2.24, 2.45) is 5.92 Å². The van der Waals surface area contributed by atoms with Gasteiger partial charge in [-0.3, -0.25) is 24.5 Å². The van der Waals surface area contributed by atoms with Gasteiger partial charge in [-0.2, -0.15) is 0 Å². The van der Waals surface area contributed by atoms with Gasteiger partial charge in [0, 0.05) is 36.9 Å². The Morgan fingerprint density at radius 2 is 1.63 bits per heavy atom. The normalized spacial score (nSPS) is 21.4. The number of carbonyl (C=O) groups excluding carboxylic acids is 2. The smallest absolute Gasteiger partial charge is 0.271 e. The third-order valence-electron chi connectivity index (χ3n) is 6.25. The second-order valence-corrected chi connectivity index (χ2v) is 9.01. The van der Waals surface area contributed by atoms with Gasteiger partial charge < -0.3 is 4.90 Å². The lowest BCUT2D eigenvalue weighted by Crippen LogP contribution is -2.37. The molecule has 3 aromatic rings. The molecule has 0 unspecified atom stereocenters. The molecule has 2 aliphatic rings. The lowest BCUT2D eigenvalue weighted by molar-refractivity contribution is -0.384. The maximum Gasteiger partial charge on any atom is 0.271 e. The number of amides is 2. The van der Waals surface area contributed by atoms with Crippen LogP contribution in [0, 0.1) is 16.0 Å². The summed E-state index contributed by atoms with van der Waals surface area (Å²) in [6.45, 7) is 0. The number of anilines is 3. The molecule has 0 aromatic heterocycles. The van der Waals surface area contributed by atoms with Crippen LogP contribution in [0.25, 0.3) is 0 Å². The Hall–Kier alpha value is -3.95. The monoisotopic (exact) mass is 492 g/mol. The highest BCUT2D eigenvalue weighted by Crippen LogP contribution is 2.48. The minimum atomic E-state index is -1.07. The standard InChI is InChI=1S/C25H21ClN4O5/c1-27(2)17-10-6-15(7-11-17)22-21-23(35-29(22)19-4-3-5-20(14-19)30(33)34)25(32)28(24(21)31)18-12-8-16(26)9-13-18/h3-14,21-23H,1-2H3/t21-,22+,23-/m0/s1. The fourth-order valence-corrected chi connectivity index (χ4v) is 4.66. The maximum atomic E-state index is 13.6. The number of halogens is 1. The first-order valence-corrected chi connectivity index (χ1v) is 11.2. The average Bonchev–Trinajstić information content (AvgIpc) is 3.36. The molecule has 0 radical (unpaired) electrons. The second kappa shape index (κ2) is 8.68. The molecular formula is C25H21ClN4O5. The largest absolute Gasteiger partial charge is 0.378 e. The third kappa shape index (κ3) is 3.88.